The summed E-state index contributed by atoms with van der Waals surface area (Å²) in [6, 6.07) is 68.0. The van der Waals surface area contributed by atoms with E-state index < -0.39 is 0 Å². The van der Waals surface area contributed by atoms with Gasteiger partial charge in [-0.3, -0.25) is 0 Å². The lowest BCUT2D eigenvalue weighted by atomic mass is 9.87. The Morgan fingerprint density at radius 3 is 0.972 bits per heavy atom. The summed E-state index contributed by atoms with van der Waals surface area (Å²) in [7, 11) is 0. The first-order chi connectivity index (χ1) is 34.4. The molecule has 0 aliphatic carbocycles. The fourth-order valence-electron chi connectivity index (χ4n) is 9.38. The summed E-state index contributed by atoms with van der Waals surface area (Å²) >= 11 is 0. The van der Waals surface area contributed by atoms with Gasteiger partial charge in [-0.1, -0.05) is 114 Å². The molecule has 71 heavy (non-hydrogen) atoms. The minimum absolute atomic E-state index is 0.0611. The molecule has 0 bridgehead atoms. The number of fused-ring (bicyclic) bond motifs is 3. The van der Waals surface area contributed by atoms with Crippen LogP contribution in [0.3, 0.4) is 0 Å². The van der Waals surface area contributed by atoms with Crippen LogP contribution in [-0.2, 0) is 17.4 Å². The molecule has 8 aromatic carbocycles. The molecular weight excluding hydrogens is 875 g/mol. The molecule has 0 fully saturated rings. The number of para-hydroxylation sites is 2. The van der Waals surface area contributed by atoms with E-state index in [9.17, 15) is 0 Å². The lowest BCUT2D eigenvalue weighted by Crippen LogP contribution is -2.10. The maximum atomic E-state index is 6.22. The van der Waals surface area contributed by atoms with Gasteiger partial charge in [-0.05, 0) is 150 Å². The third kappa shape index (κ3) is 8.76. The molecule has 350 valence electrons. The van der Waals surface area contributed by atoms with Gasteiger partial charge in [-0.25, -0.2) is 0 Å². The molecule has 0 aliphatic rings. The SMILES string of the molecule is CCn1c2cc(N(c3ccccc3)c3ccc(-c4nnc(-c5ccc(C(C)(C)C)cc5)o4)cc3)ccc2c2ccc(N(c3ccccc3)c3ccc(-c4nnc(-c5ccc(C(C)(C)C)cc5)o4)cc3)cc21. The van der Waals surface area contributed by atoms with E-state index in [2.05, 4.69) is 253 Å². The molecule has 0 saturated carbocycles. The van der Waals surface area contributed by atoms with E-state index in [-0.39, 0.29) is 10.8 Å². The predicted octanol–water partition coefficient (Wildman–Crippen LogP) is 16.8. The molecule has 11 rings (SSSR count). The fraction of sp³-hybridized carbons (Fsp3) is 0.161. The Labute approximate surface area is 414 Å². The van der Waals surface area contributed by atoms with Gasteiger partial charge >= 0.3 is 0 Å². The average molecular weight is 930 g/mol. The third-order valence-electron chi connectivity index (χ3n) is 13.3. The molecule has 0 unspecified atom stereocenters. The Morgan fingerprint density at radius 2 is 0.662 bits per heavy atom. The van der Waals surface area contributed by atoms with Crippen LogP contribution in [0.1, 0.15) is 59.6 Å². The molecule has 0 aliphatic heterocycles. The molecule has 3 heterocycles. The standard InChI is InChI=1S/C62H55N7O2/c1-8-67-55-39-51(68(47-15-11-9-12-16-47)49-31-23-43(24-32-49)59-65-63-57(70-59)41-19-27-45(28-20-41)61(2,3)4)35-37-53(55)54-38-36-52(40-56(54)67)69(48-17-13-10-14-18-48)50-33-25-44(26-34-50)60-66-64-58(71-60)42-21-29-46(30-22-42)62(5,6)7/h9-40H,8H2,1-7H3. The largest absolute Gasteiger partial charge is 0.416 e. The number of anilines is 6. The van der Waals surface area contributed by atoms with E-state index in [1.54, 1.807) is 0 Å². The summed E-state index contributed by atoms with van der Waals surface area (Å²) in [4.78, 5) is 4.59. The highest BCUT2D eigenvalue weighted by atomic mass is 16.4. The van der Waals surface area contributed by atoms with Crippen LogP contribution in [0.4, 0.5) is 34.1 Å². The van der Waals surface area contributed by atoms with Crippen molar-refractivity contribution in [3.63, 3.8) is 0 Å². The zero-order valence-electron chi connectivity index (χ0n) is 41.1. The molecule has 9 nitrogen and oxygen atoms in total. The number of aryl methyl sites for hydroxylation is 1. The number of aromatic nitrogens is 5. The quantitative estimate of drug-likeness (QED) is 0.127. The van der Waals surface area contributed by atoms with Crippen LogP contribution in [0.15, 0.2) is 203 Å². The van der Waals surface area contributed by atoms with E-state index in [0.29, 0.717) is 23.6 Å². The average Bonchev–Trinajstić information content (AvgIpc) is 4.16. The first kappa shape index (κ1) is 44.9. The van der Waals surface area contributed by atoms with Gasteiger partial charge in [0.25, 0.3) is 0 Å². The summed E-state index contributed by atoms with van der Waals surface area (Å²) in [6.45, 7) is 16.2. The topological polar surface area (TPSA) is 89.3 Å². The molecule has 3 aromatic heterocycles. The van der Waals surface area contributed by atoms with Crippen molar-refractivity contribution in [3.8, 4) is 45.8 Å². The summed E-state index contributed by atoms with van der Waals surface area (Å²) in [5.74, 6) is 1.95. The Hall–Kier alpha value is -8.56. The van der Waals surface area contributed by atoms with Gasteiger partial charge in [0.2, 0.25) is 23.6 Å². The molecule has 11 aromatic rings. The normalized spacial score (nSPS) is 11.9. The van der Waals surface area contributed by atoms with Gasteiger partial charge < -0.3 is 23.2 Å². The van der Waals surface area contributed by atoms with Gasteiger partial charge in [-0.15, -0.1) is 20.4 Å². The van der Waals surface area contributed by atoms with Crippen molar-refractivity contribution in [3.05, 3.63) is 205 Å². The minimum Gasteiger partial charge on any atom is -0.416 e. The highest BCUT2D eigenvalue weighted by molar-refractivity contribution is 6.10. The van der Waals surface area contributed by atoms with Crippen molar-refractivity contribution in [2.45, 2.75) is 65.8 Å². The minimum atomic E-state index is 0.0611. The second-order valence-corrected chi connectivity index (χ2v) is 20.1. The summed E-state index contributed by atoms with van der Waals surface area (Å²) in [5.41, 5.74) is 14.6. The molecule has 0 spiro atoms. The predicted molar refractivity (Wildman–Crippen MR) is 289 cm³/mol. The Kier molecular flexibility index (Phi) is 11.4. The summed E-state index contributed by atoms with van der Waals surface area (Å²) < 4.78 is 14.9. The zero-order chi connectivity index (χ0) is 48.9. The fourth-order valence-corrected chi connectivity index (χ4v) is 9.38. The van der Waals surface area contributed by atoms with Gasteiger partial charge in [0, 0.05) is 73.7 Å². The second kappa shape index (κ2) is 18.1. The number of hydrogen-bond acceptors (Lipinski definition) is 8. The Bertz CT molecular complexity index is 3380. The van der Waals surface area contributed by atoms with Crippen LogP contribution in [0.25, 0.3) is 67.6 Å². The molecule has 0 N–H and O–H groups in total. The van der Waals surface area contributed by atoms with Gasteiger partial charge in [0.1, 0.15) is 0 Å². The van der Waals surface area contributed by atoms with E-state index in [1.165, 1.54) is 21.9 Å². The zero-order valence-corrected chi connectivity index (χ0v) is 41.1. The molecule has 0 amide bonds. The highest BCUT2D eigenvalue weighted by Crippen LogP contribution is 2.42. The number of nitrogens with zero attached hydrogens (tertiary/aromatic N) is 7. The first-order valence-electron chi connectivity index (χ1n) is 24.3. The van der Waals surface area contributed by atoms with Gasteiger partial charge in [-0.2, -0.15) is 0 Å². The monoisotopic (exact) mass is 929 g/mol. The third-order valence-corrected chi connectivity index (χ3v) is 13.3. The molecule has 9 heteroatoms. The number of benzene rings is 8. The van der Waals surface area contributed by atoms with Gasteiger partial charge in [0.15, 0.2) is 0 Å². The van der Waals surface area contributed by atoms with Crippen molar-refractivity contribution in [1.29, 1.82) is 0 Å². The van der Waals surface area contributed by atoms with E-state index in [4.69, 9.17) is 8.83 Å². The first-order valence-corrected chi connectivity index (χ1v) is 24.3. The number of rotatable bonds is 11. The maximum absolute atomic E-state index is 6.22. The summed E-state index contributed by atoms with van der Waals surface area (Å²) in [5, 5.41) is 20.1. The summed E-state index contributed by atoms with van der Waals surface area (Å²) in [6.07, 6.45) is 0. The van der Waals surface area contributed by atoms with Crippen molar-refractivity contribution in [2.24, 2.45) is 0 Å². The van der Waals surface area contributed by atoms with E-state index in [1.807, 2.05) is 24.3 Å². The molecule has 0 radical (unpaired) electrons. The van der Waals surface area contributed by atoms with Crippen LogP contribution in [0.2, 0.25) is 0 Å². The number of hydrogen-bond donors (Lipinski definition) is 0. The maximum Gasteiger partial charge on any atom is 0.248 e. The van der Waals surface area contributed by atoms with E-state index in [0.717, 1.165) is 74.0 Å². The lowest BCUT2D eigenvalue weighted by molar-refractivity contribution is 0.582. The Balaban J connectivity index is 0.910. The second-order valence-electron chi connectivity index (χ2n) is 20.1. The molecular formula is C62H55N7O2. The van der Waals surface area contributed by atoms with Crippen molar-refractivity contribution >= 4 is 55.9 Å². The van der Waals surface area contributed by atoms with Crippen molar-refractivity contribution in [2.75, 3.05) is 9.80 Å². The van der Waals surface area contributed by atoms with Crippen LogP contribution in [0.5, 0.6) is 0 Å². The van der Waals surface area contributed by atoms with Crippen molar-refractivity contribution in [1.82, 2.24) is 25.0 Å². The van der Waals surface area contributed by atoms with Crippen LogP contribution < -0.4 is 9.80 Å². The smallest absolute Gasteiger partial charge is 0.248 e. The Morgan fingerprint density at radius 1 is 0.366 bits per heavy atom. The lowest BCUT2D eigenvalue weighted by Gasteiger charge is -2.26. The highest BCUT2D eigenvalue weighted by Gasteiger charge is 2.22. The van der Waals surface area contributed by atoms with Crippen LogP contribution in [0, 0.1) is 0 Å². The molecule has 0 atom stereocenters. The van der Waals surface area contributed by atoms with Crippen LogP contribution in [-0.4, -0.2) is 25.0 Å². The van der Waals surface area contributed by atoms with E-state index >= 15 is 0 Å². The van der Waals surface area contributed by atoms with Crippen LogP contribution >= 0.6 is 0 Å². The molecule has 0 saturated heterocycles. The van der Waals surface area contributed by atoms with Crippen molar-refractivity contribution < 1.29 is 8.83 Å². The van der Waals surface area contributed by atoms with Gasteiger partial charge in [0.05, 0.1) is 11.0 Å².